The van der Waals surface area contributed by atoms with Crippen LogP contribution in [0.1, 0.15) is 0 Å². The van der Waals surface area contributed by atoms with Crippen molar-refractivity contribution in [3.8, 4) is 56.7 Å². The van der Waals surface area contributed by atoms with Gasteiger partial charge in [0, 0.05) is 22.3 Å². The number of oxazole rings is 2. The lowest BCUT2D eigenvalue weighted by Gasteiger charge is -2.10. The number of hydrogen-bond acceptors (Lipinski definition) is 4. The molecule has 0 aliphatic carbocycles. The topological polar surface area (TPSA) is 52.1 Å². The smallest absolute Gasteiger partial charge is 0.227 e. The highest BCUT2D eigenvalue weighted by atomic mass is 16.4. The van der Waals surface area contributed by atoms with Crippen molar-refractivity contribution in [3.63, 3.8) is 0 Å². The molecule has 0 spiro atoms. The average Bonchev–Trinajstić information content (AvgIpc) is 3.61. The van der Waals surface area contributed by atoms with Gasteiger partial charge in [-0.05, 0) is 23.3 Å². The molecule has 0 saturated heterocycles. The van der Waals surface area contributed by atoms with Gasteiger partial charge in [-0.25, -0.2) is 9.97 Å². The van der Waals surface area contributed by atoms with Crippen molar-refractivity contribution in [1.29, 1.82) is 0 Å². The Labute approximate surface area is 197 Å². The molecule has 4 heteroatoms. The van der Waals surface area contributed by atoms with Gasteiger partial charge in [-0.1, -0.05) is 97.1 Å². The Morgan fingerprint density at radius 1 is 0.382 bits per heavy atom. The average molecular weight is 441 g/mol. The minimum atomic E-state index is 0.571. The Morgan fingerprint density at radius 2 is 0.735 bits per heavy atom. The first-order valence-electron chi connectivity index (χ1n) is 11.1. The maximum atomic E-state index is 6.18. The molecule has 0 radical (unpaired) electrons. The second-order valence-corrected chi connectivity index (χ2v) is 7.88. The minimum Gasteiger partial charge on any atom is -0.436 e. The Kier molecular flexibility index (Phi) is 5.09. The van der Waals surface area contributed by atoms with Crippen LogP contribution < -0.4 is 0 Å². The molecule has 0 saturated carbocycles. The monoisotopic (exact) mass is 440 g/mol. The van der Waals surface area contributed by atoms with Crippen LogP contribution in [0.4, 0.5) is 0 Å². The van der Waals surface area contributed by atoms with E-state index in [1.165, 1.54) is 0 Å². The number of rotatable bonds is 5. The lowest BCUT2D eigenvalue weighted by Crippen LogP contribution is -1.89. The summed E-state index contributed by atoms with van der Waals surface area (Å²) < 4.78 is 12.4. The molecule has 2 aromatic heterocycles. The molecule has 0 fully saturated rings. The van der Waals surface area contributed by atoms with Gasteiger partial charge in [0.25, 0.3) is 0 Å². The van der Waals surface area contributed by atoms with Crippen LogP contribution in [0.15, 0.2) is 130 Å². The number of hydrogen-bond donors (Lipinski definition) is 0. The Bertz CT molecular complexity index is 1430. The van der Waals surface area contributed by atoms with Gasteiger partial charge in [0.05, 0.1) is 12.4 Å². The first-order chi connectivity index (χ1) is 16.9. The van der Waals surface area contributed by atoms with Gasteiger partial charge >= 0.3 is 0 Å². The second-order valence-electron chi connectivity index (χ2n) is 7.88. The summed E-state index contributed by atoms with van der Waals surface area (Å²) in [7, 11) is 0. The van der Waals surface area contributed by atoms with E-state index in [1.807, 2.05) is 97.1 Å². The van der Waals surface area contributed by atoms with Gasteiger partial charge in [0.2, 0.25) is 11.8 Å². The highest BCUT2D eigenvalue weighted by molar-refractivity contribution is 5.88. The maximum absolute atomic E-state index is 6.18. The van der Waals surface area contributed by atoms with E-state index in [0.717, 1.165) is 44.9 Å². The lowest BCUT2D eigenvalue weighted by atomic mass is 9.95. The molecule has 0 aliphatic rings. The number of aromatic nitrogens is 2. The fraction of sp³-hybridized carbons (Fsp3) is 0. The molecule has 6 aromatic rings. The van der Waals surface area contributed by atoms with Crippen LogP contribution in [0.25, 0.3) is 56.7 Å². The van der Waals surface area contributed by atoms with Gasteiger partial charge in [0.15, 0.2) is 11.5 Å². The van der Waals surface area contributed by atoms with E-state index in [2.05, 4.69) is 22.1 Å². The van der Waals surface area contributed by atoms with Crippen LogP contribution in [-0.4, -0.2) is 9.97 Å². The Hall–Kier alpha value is -4.70. The summed E-state index contributed by atoms with van der Waals surface area (Å²) >= 11 is 0. The van der Waals surface area contributed by atoms with E-state index in [4.69, 9.17) is 8.83 Å². The van der Waals surface area contributed by atoms with Crippen molar-refractivity contribution in [2.45, 2.75) is 0 Å². The zero-order chi connectivity index (χ0) is 22.7. The molecule has 0 amide bonds. The fourth-order valence-electron chi connectivity index (χ4n) is 4.08. The van der Waals surface area contributed by atoms with E-state index >= 15 is 0 Å². The molecule has 0 atom stereocenters. The zero-order valence-electron chi connectivity index (χ0n) is 18.3. The van der Waals surface area contributed by atoms with Crippen molar-refractivity contribution < 1.29 is 8.83 Å². The SMILES string of the molecule is c1ccc(-c2cnc(-c3ccccc3-c3ccccc3-c3ncc(-c4ccccc4)o3)o2)cc1. The van der Waals surface area contributed by atoms with Crippen molar-refractivity contribution in [3.05, 3.63) is 122 Å². The molecule has 0 unspecified atom stereocenters. The predicted molar refractivity (Wildman–Crippen MR) is 134 cm³/mol. The van der Waals surface area contributed by atoms with Crippen molar-refractivity contribution in [2.24, 2.45) is 0 Å². The molecule has 162 valence electrons. The van der Waals surface area contributed by atoms with Crippen LogP contribution in [0.5, 0.6) is 0 Å². The maximum Gasteiger partial charge on any atom is 0.227 e. The van der Waals surface area contributed by atoms with E-state index < -0.39 is 0 Å². The number of benzene rings is 4. The van der Waals surface area contributed by atoms with E-state index in [1.54, 1.807) is 12.4 Å². The summed E-state index contributed by atoms with van der Waals surface area (Å²) in [4.78, 5) is 9.18. The van der Waals surface area contributed by atoms with Crippen molar-refractivity contribution in [2.75, 3.05) is 0 Å². The molecule has 4 aromatic carbocycles. The van der Waals surface area contributed by atoms with E-state index in [-0.39, 0.29) is 0 Å². The van der Waals surface area contributed by atoms with Crippen LogP contribution in [-0.2, 0) is 0 Å². The van der Waals surface area contributed by atoms with Gasteiger partial charge in [-0.2, -0.15) is 0 Å². The summed E-state index contributed by atoms with van der Waals surface area (Å²) in [6.45, 7) is 0. The minimum absolute atomic E-state index is 0.571. The predicted octanol–water partition coefficient (Wildman–Crippen LogP) is 8.00. The molecule has 0 aliphatic heterocycles. The van der Waals surface area contributed by atoms with Crippen molar-refractivity contribution >= 4 is 0 Å². The molecule has 6 rings (SSSR count). The molecular weight excluding hydrogens is 420 g/mol. The van der Waals surface area contributed by atoms with Crippen molar-refractivity contribution in [1.82, 2.24) is 9.97 Å². The molecular formula is C30H20N2O2. The summed E-state index contributed by atoms with van der Waals surface area (Å²) in [5.74, 6) is 2.61. The normalized spacial score (nSPS) is 10.9. The standard InChI is InChI=1S/C30H20N2O2/c1-3-11-21(12-4-1)27-19-31-29(33-27)25-17-9-7-15-23(25)24-16-8-10-18-26(24)30-32-20-28(34-30)22-13-5-2-6-14-22/h1-20H. The van der Waals surface area contributed by atoms with Gasteiger partial charge in [0.1, 0.15) is 0 Å². The molecule has 4 nitrogen and oxygen atoms in total. The summed E-state index contributed by atoms with van der Waals surface area (Å²) in [6.07, 6.45) is 3.54. The van der Waals surface area contributed by atoms with Crippen LogP contribution in [0.2, 0.25) is 0 Å². The molecule has 2 heterocycles. The first-order valence-corrected chi connectivity index (χ1v) is 11.1. The lowest BCUT2D eigenvalue weighted by molar-refractivity contribution is 0.588. The van der Waals surface area contributed by atoms with Crippen LogP contribution in [0, 0.1) is 0 Å². The molecule has 0 N–H and O–H groups in total. The third kappa shape index (κ3) is 3.71. The third-order valence-corrected chi connectivity index (χ3v) is 5.73. The summed E-state index contributed by atoms with van der Waals surface area (Å²) in [5.41, 5.74) is 5.80. The summed E-state index contributed by atoms with van der Waals surface area (Å²) in [6, 6.07) is 36.2. The zero-order valence-corrected chi connectivity index (χ0v) is 18.3. The van der Waals surface area contributed by atoms with Crippen LogP contribution >= 0.6 is 0 Å². The Morgan fingerprint density at radius 3 is 1.15 bits per heavy atom. The quantitative estimate of drug-likeness (QED) is 0.272. The molecule has 0 bridgehead atoms. The van der Waals surface area contributed by atoms with E-state index in [9.17, 15) is 0 Å². The second kappa shape index (κ2) is 8.68. The summed E-state index contributed by atoms with van der Waals surface area (Å²) in [5, 5.41) is 0. The Balaban J connectivity index is 1.43. The third-order valence-electron chi connectivity index (χ3n) is 5.73. The van der Waals surface area contributed by atoms with Gasteiger partial charge in [-0.15, -0.1) is 0 Å². The molecule has 34 heavy (non-hydrogen) atoms. The van der Waals surface area contributed by atoms with Gasteiger partial charge in [-0.3, -0.25) is 0 Å². The highest BCUT2D eigenvalue weighted by Gasteiger charge is 2.18. The highest BCUT2D eigenvalue weighted by Crippen LogP contribution is 2.39. The fourth-order valence-corrected chi connectivity index (χ4v) is 4.08. The largest absolute Gasteiger partial charge is 0.436 e. The van der Waals surface area contributed by atoms with Crippen LogP contribution in [0.3, 0.4) is 0 Å². The number of nitrogens with zero attached hydrogens (tertiary/aromatic N) is 2. The first kappa shape index (κ1) is 19.9. The van der Waals surface area contributed by atoms with E-state index in [0.29, 0.717) is 11.8 Å². The van der Waals surface area contributed by atoms with Gasteiger partial charge < -0.3 is 8.83 Å².